The molecule has 3 aromatic carbocycles. The summed E-state index contributed by atoms with van der Waals surface area (Å²) < 4.78 is 16.7. The number of hydrogen-bond donors (Lipinski definition) is 1. The maximum absolute atomic E-state index is 13.3. The number of ketones is 1. The summed E-state index contributed by atoms with van der Waals surface area (Å²) in [5.74, 6) is -0.0160. The quantitative estimate of drug-likeness (QED) is 0.371. The molecule has 0 aliphatic carbocycles. The third-order valence-electron chi connectivity index (χ3n) is 4.99. The number of hydrogen-bond acceptors (Lipinski definition) is 6. The summed E-state index contributed by atoms with van der Waals surface area (Å²) in [5.41, 5.74) is 1.67. The molecule has 4 rings (SSSR count). The Labute approximate surface area is 200 Å². The van der Waals surface area contributed by atoms with E-state index in [0.29, 0.717) is 32.8 Å². The zero-order valence-electron chi connectivity index (χ0n) is 17.7. The van der Waals surface area contributed by atoms with Gasteiger partial charge in [0, 0.05) is 22.7 Å². The molecule has 1 heterocycles. The van der Waals surface area contributed by atoms with Crippen LogP contribution >= 0.6 is 23.2 Å². The molecule has 0 fully saturated rings. The first-order valence-electron chi connectivity index (χ1n) is 9.95. The molecule has 0 spiro atoms. The number of nitrogens with one attached hydrogen (secondary N) is 1. The van der Waals surface area contributed by atoms with Crippen LogP contribution < -0.4 is 14.8 Å². The predicted molar refractivity (Wildman–Crippen MR) is 126 cm³/mol. The van der Waals surface area contributed by atoms with Crippen LogP contribution in [-0.2, 0) is 9.53 Å². The normalized spacial score (nSPS) is 15.3. The Balaban J connectivity index is 1.70. The Morgan fingerprint density at radius 1 is 0.970 bits per heavy atom. The highest BCUT2D eigenvalue weighted by Crippen LogP contribution is 2.38. The average molecular weight is 484 g/mol. The number of carbonyl (C=O) groups is 2. The van der Waals surface area contributed by atoms with Crippen molar-refractivity contribution >= 4 is 40.5 Å². The Morgan fingerprint density at radius 2 is 1.67 bits per heavy atom. The summed E-state index contributed by atoms with van der Waals surface area (Å²) in [5, 5.41) is 3.60. The van der Waals surface area contributed by atoms with Gasteiger partial charge in [-0.3, -0.25) is 4.79 Å². The van der Waals surface area contributed by atoms with Gasteiger partial charge in [0.25, 0.3) is 0 Å². The summed E-state index contributed by atoms with van der Waals surface area (Å²) >= 11 is 12.0. The third kappa shape index (κ3) is 4.82. The fourth-order valence-electron chi connectivity index (χ4n) is 3.51. The molecule has 8 heteroatoms. The zero-order chi connectivity index (χ0) is 23.5. The van der Waals surface area contributed by atoms with E-state index in [9.17, 15) is 9.59 Å². The van der Waals surface area contributed by atoms with Crippen molar-refractivity contribution < 1.29 is 23.8 Å². The Morgan fingerprint density at radius 3 is 2.30 bits per heavy atom. The summed E-state index contributed by atoms with van der Waals surface area (Å²) in [7, 11) is 3.13. The lowest BCUT2D eigenvalue weighted by Crippen LogP contribution is -2.12. The van der Waals surface area contributed by atoms with Crippen LogP contribution in [0.1, 0.15) is 27.6 Å². The molecular weight excluding hydrogens is 465 g/mol. The number of halogens is 2. The Kier molecular flexibility index (Phi) is 6.58. The van der Waals surface area contributed by atoms with Crippen molar-refractivity contribution in [3.05, 3.63) is 99.3 Å². The number of rotatable bonds is 6. The molecule has 3 aromatic rings. The minimum Gasteiger partial charge on any atom is -0.497 e. The Hall–Kier alpha value is -3.48. The van der Waals surface area contributed by atoms with E-state index in [4.69, 9.17) is 37.4 Å². The molecule has 0 aromatic heterocycles. The van der Waals surface area contributed by atoms with Gasteiger partial charge < -0.3 is 19.5 Å². The minimum atomic E-state index is -0.793. The van der Waals surface area contributed by atoms with Crippen molar-refractivity contribution in [2.75, 3.05) is 14.2 Å². The van der Waals surface area contributed by atoms with Gasteiger partial charge in [0.15, 0.2) is 12.0 Å². The van der Waals surface area contributed by atoms with E-state index in [0.717, 1.165) is 5.56 Å². The van der Waals surface area contributed by atoms with Gasteiger partial charge in [-0.15, -0.1) is 0 Å². The molecule has 1 N–H and O–H groups in total. The lowest BCUT2D eigenvalue weighted by Gasteiger charge is -2.11. The number of esters is 1. The summed E-state index contributed by atoms with van der Waals surface area (Å²) in [6.07, 6.45) is -0.793. The van der Waals surface area contributed by atoms with Crippen LogP contribution in [0, 0.1) is 0 Å². The zero-order valence-corrected chi connectivity index (χ0v) is 19.2. The number of Topliss-reactive ketones (excluding diaryl/α,β-unsaturated/α-hetero) is 1. The van der Waals surface area contributed by atoms with Gasteiger partial charge in [0.05, 0.1) is 18.2 Å². The molecule has 1 aliphatic rings. The third-order valence-corrected chi connectivity index (χ3v) is 5.43. The molecule has 0 radical (unpaired) electrons. The first kappa shape index (κ1) is 22.7. The van der Waals surface area contributed by atoms with Gasteiger partial charge in [-0.2, -0.15) is 0 Å². The molecule has 0 bridgehead atoms. The molecule has 168 valence electrons. The van der Waals surface area contributed by atoms with E-state index in [1.807, 2.05) is 30.3 Å². The fourth-order valence-corrected chi connectivity index (χ4v) is 4.02. The van der Waals surface area contributed by atoms with Gasteiger partial charge in [0.2, 0.25) is 5.78 Å². The number of carbonyl (C=O) groups excluding carboxylic acids is 2. The largest absolute Gasteiger partial charge is 0.497 e. The molecule has 6 nitrogen and oxygen atoms in total. The minimum absolute atomic E-state index is 0.180. The molecule has 1 atom stereocenters. The number of benzene rings is 3. The van der Waals surface area contributed by atoms with Crippen molar-refractivity contribution in [3.8, 4) is 11.5 Å². The van der Waals surface area contributed by atoms with E-state index in [2.05, 4.69) is 5.32 Å². The average Bonchev–Trinajstić information content (AvgIpc) is 3.14. The van der Waals surface area contributed by atoms with Crippen molar-refractivity contribution in [1.82, 2.24) is 5.32 Å². The molecule has 1 unspecified atom stereocenters. The first-order chi connectivity index (χ1) is 15.9. The maximum atomic E-state index is 13.3. The van der Waals surface area contributed by atoms with E-state index in [1.165, 1.54) is 31.4 Å². The van der Waals surface area contributed by atoms with Gasteiger partial charge in [-0.05, 0) is 42.0 Å². The molecule has 1 aliphatic heterocycles. The standard InChI is InChI=1S/C25H19Cl2NO5/c1-28-24-21(22(29)23(33-24)14-6-4-3-5-7-14)15-8-16(10-19(9-15)31-2)25(30)32-20-12-17(26)11-18(27)13-20/h3-13,23,28H,1-2H3. The van der Waals surface area contributed by atoms with Gasteiger partial charge in [-0.1, -0.05) is 53.5 Å². The summed E-state index contributed by atoms with van der Waals surface area (Å²) in [6.45, 7) is 0. The van der Waals surface area contributed by atoms with Crippen molar-refractivity contribution in [1.29, 1.82) is 0 Å². The molecule has 33 heavy (non-hydrogen) atoms. The topological polar surface area (TPSA) is 73.9 Å². The maximum Gasteiger partial charge on any atom is 0.343 e. The van der Waals surface area contributed by atoms with Crippen LogP contribution in [0.5, 0.6) is 11.5 Å². The second kappa shape index (κ2) is 9.57. The lowest BCUT2D eigenvalue weighted by molar-refractivity contribution is -0.120. The second-order valence-corrected chi connectivity index (χ2v) is 8.04. The van der Waals surface area contributed by atoms with E-state index in [-0.39, 0.29) is 17.1 Å². The fraction of sp³-hybridized carbons (Fsp3) is 0.120. The van der Waals surface area contributed by atoms with Crippen molar-refractivity contribution in [2.45, 2.75) is 6.10 Å². The van der Waals surface area contributed by atoms with Crippen LogP contribution in [0.15, 0.2) is 72.6 Å². The number of methoxy groups -OCH3 is 1. The Bertz CT molecular complexity index is 1240. The molecule has 0 saturated heterocycles. The number of ether oxygens (including phenoxy) is 3. The van der Waals surface area contributed by atoms with Gasteiger partial charge in [0.1, 0.15) is 11.5 Å². The van der Waals surface area contributed by atoms with Gasteiger partial charge >= 0.3 is 5.97 Å². The monoisotopic (exact) mass is 483 g/mol. The molecule has 0 amide bonds. The first-order valence-corrected chi connectivity index (χ1v) is 10.7. The van der Waals surface area contributed by atoms with Crippen LogP contribution in [-0.4, -0.2) is 25.9 Å². The lowest BCUT2D eigenvalue weighted by atomic mass is 9.95. The molecule has 0 saturated carbocycles. The highest BCUT2D eigenvalue weighted by Gasteiger charge is 2.37. The van der Waals surface area contributed by atoms with Crippen LogP contribution in [0.3, 0.4) is 0 Å². The summed E-state index contributed by atoms with van der Waals surface area (Å²) in [6, 6.07) is 18.4. The predicted octanol–water partition coefficient (Wildman–Crippen LogP) is 5.45. The van der Waals surface area contributed by atoms with Crippen LogP contribution in [0.25, 0.3) is 5.57 Å². The highest BCUT2D eigenvalue weighted by molar-refractivity contribution is 6.34. The smallest absolute Gasteiger partial charge is 0.343 e. The highest BCUT2D eigenvalue weighted by atomic mass is 35.5. The van der Waals surface area contributed by atoms with Crippen molar-refractivity contribution in [3.63, 3.8) is 0 Å². The second-order valence-electron chi connectivity index (χ2n) is 7.17. The summed E-state index contributed by atoms with van der Waals surface area (Å²) in [4.78, 5) is 26.2. The van der Waals surface area contributed by atoms with E-state index >= 15 is 0 Å². The van der Waals surface area contributed by atoms with Crippen LogP contribution in [0.4, 0.5) is 0 Å². The molecular formula is C25H19Cl2NO5. The van der Waals surface area contributed by atoms with Crippen LogP contribution in [0.2, 0.25) is 10.0 Å². The van der Waals surface area contributed by atoms with E-state index < -0.39 is 12.1 Å². The van der Waals surface area contributed by atoms with Crippen molar-refractivity contribution in [2.24, 2.45) is 0 Å². The van der Waals surface area contributed by atoms with Gasteiger partial charge in [-0.25, -0.2) is 4.79 Å². The SMILES string of the molecule is CNC1=C(c2cc(OC)cc(C(=O)Oc3cc(Cl)cc(Cl)c3)c2)C(=O)C(c2ccccc2)O1. The van der Waals surface area contributed by atoms with E-state index in [1.54, 1.807) is 19.2 Å².